The minimum atomic E-state index is -0.0213. The van der Waals surface area contributed by atoms with Crippen molar-refractivity contribution in [2.24, 2.45) is 18.9 Å². The second-order valence-electron chi connectivity index (χ2n) is 5.50. The molecule has 0 spiro atoms. The monoisotopic (exact) mass is 249 g/mol. The Hall–Kier alpha value is -1.45. The normalized spacial score (nSPS) is 23.9. The van der Waals surface area contributed by atoms with Crippen LogP contribution in [0, 0.1) is 11.8 Å². The third kappa shape index (κ3) is 2.86. The maximum Gasteiger partial charge on any atom is 0.267 e. The molecule has 0 saturated heterocycles. The summed E-state index contributed by atoms with van der Waals surface area (Å²) in [6.07, 6.45) is 6.91. The van der Waals surface area contributed by atoms with Gasteiger partial charge in [0.15, 0.2) is 0 Å². The van der Waals surface area contributed by atoms with Crippen LogP contribution in [0.25, 0.3) is 0 Å². The molecule has 1 fully saturated rings. The molecule has 0 aliphatic heterocycles. The molecule has 0 bridgehead atoms. The van der Waals surface area contributed by atoms with Crippen LogP contribution in [0.4, 0.5) is 5.69 Å². The average molecular weight is 249 g/mol. The van der Waals surface area contributed by atoms with Crippen molar-refractivity contribution < 1.29 is 4.79 Å². The molecule has 3 N–H and O–H groups in total. The van der Waals surface area contributed by atoms with Crippen LogP contribution in [0.3, 0.4) is 0 Å². The molecular weight excluding hydrogens is 226 g/mol. The molecule has 0 radical (unpaired) electrons. The van der Waals surface area contributed by atoms with Gasteiger partial charge in [-0.15, -0.1) is 0 Å². The maximum atomic E-state index is 12.0. The fraction of sp³-hybridized carbons (Fsp3) is 0.643. The number of nitrogen functional groups attached to an aromatic ring is 1. The number of hydrogen-bond donors (Lipinski definition) is 2. The van der Waals surface area contributed by atoms with Crippen molar-refractivity contribution in [2.75, 3.05) is 12.3 Å². The van der Waals surface area contributed by atoms with Gasteiger partial charge in [0.1, 0.15) is 5.69 Å². The smallest absolute Gasteiger partial charge is 0.267 e. The number of nitrogens with two attached hydrogens (primary N) is 1. The van der Waals surface area contributed by atoms with Crippen molar-refractivity contribution in [1.82, 2.24) is 9.88 Å². The van der Waals surface area contributed by atoms with Gasteiger partial charge in [0.25, 0.3) is 5.91 Å². The molecule has 1 saturated carbocycles. The lowest BCUT2D eigenvalue weighted by Crippen LogP contribution is -2.34. The quantitative estimate of drug-likeness (QED) is 0.862. The minimum Gasteiger partial charge on any atom is -0.397 e. The lowest BCUT2D eigenvalue weighted by molar-refractivity contribution is 0.0928. The van der Waals surface area contributed by atoms with E-state index in [-0.39, 0.29) is 5.91 Å². The first-order valence-corrected chi connectivity index (χ1v) is 6.78. The van der Waals surface area contributed by atoms with Crippen LogP contribution >= 0.6 is 0 Å². The molecule has 2 unspecified atom stereocenters. The fourth-order valence-electron chi connectivity index (χ4n) is 2.83. The Labute approximate surface area is 109 Å². The van der Waals surface area contributed by atoms with Crippen molar-refractivity contribution in [2.45, 2.75) is 32.6 Å². The highest BCUT2D eigenvalue weighted by atomic mass is 16.1. The number of hydrogen-bond acceptors (Lipinski definition) is 2. The number of nitrogens with one attached hydrogen (secondary N) is 1. The van der Waals surface area contributed by atoms with E-state index in [1.165, 1.54) is 25.7 Å². The SMILES string of the molecule is CC1CCCCC1CNC(=O)c1cc(N)cn1C. The number of aromatic nitrogens is 1. The summed E-state index contributed by atoms with van der Waals surface area (Å²) in [5.74, 6) is 1.32. The molecule has 4 heteroatoms. The second-order valence-corrected chi connectivity index (χ2v) is 5.50. The fourth-order valence-corrected chi connectivity index (χ4v) is 2.83. The zero-order valence-corrected chi connectivity index (χ0v) is 11.3. The summed E-state index contributed by atoms with van der Waals surface area (Å²) < 4.78 is 1.77. The minimum absolute atomic E-state index is 0.0213. The summed E-state index contributed by atoms with van der Waals surface area (Å²) in [5, 5.41) is 3.04. The standard InChI is InChI=1S/C14H23N3O/c1-10-5-3-4-6-11(10)8-16-14(18)13-7-12(15)9-17(13)2/h7,9-11H,3-6,8,15H2,1-2H3,(H,16,18). The number of carbonyl (C=O) groups is 1. The Morgan fingerprint density at radius 2 is 2.22 bits per heavy atom. The van der Waals surface area contributed by atoms with Crippen LogP contribution < -0.4 is 11.1 Å². The van der Waals surface area contributed by atoms with Crippen LogP contribution in [0.15, 0.2) is 12.3 Å². The largest absolute Gasteiger partial charge is 0.397 e. The van der Waals surface area contributed by atoms with Gasteiger partial charge in [-0.3, -0.25) is 4.79 Å². The predicted octanol–water partition coefficient (Wildman–Crippen LogP) is 2.16. The lowest BCUT2D eigenvalue weighted by atomic mass is 9.80. The van der Waals surface area contributed by atoms with Crippen LogP contribution in [-0.4, -0.2) is 17.0 Å². The van der Waals surface area contributed by atoms with Crippen molar-refractivity contribution >= 4 is 11.6 Å². The maximum absolute atomic E-state index is 12.0. The molecule has 1 amide bonds. The summed E-state index contributed by atoms with van der Waals surface area (Å²) >= 11 is 0. The van der Waals surface area contributed by atoms with E-state index in [1.807, 2.05) is 7.05 Å². The van der Waals surface area contributed by atoms with E-state index in [0.717, 1.165) is 12.5 Å². The molecule has 100 valence electrons. The van der Waals surface area contributed by atoms with Gasteiger partial charge in [-0.1, -0.05) is 26.2 Å². The first kappa shape index (κ1) is 13.0. The molecule has 1 aliphatic rings. The van der Waals surface area contributed by atoms with Crippen LogP contribution in [0.2, 0.25) is 0 Å². The number of carbonyl (C=O) groups excluding carboxylic acids is 1. The summed E-state index contributed by atoms with van der Waals surface area (Å²) in [6.45, 7) is 3.07. The van der Waals surface area contributed by atoms with Gasteiger partial charge in [0.05, 0.1) is 5.69 Å². The highest BCUT2D eigenvalue weighted by Gasteiger charge is 2.22. The highest BCUT2D eigenvalue weighted by molar-refractivity contribution is 5.93. The number of anilines is 1. The van der Waals surface area contributed by atoms with Gasteiger partial charge < -0.3 is 15.6 Å². The molecule has 18 heavy (non-hydrogen) atoms. The Morgan fingerprint density at radius 1 is 1.50 bits per heavy atom. The molecule has 1 aliphatic carbocycles. The predicted molar refractivity (Wildman–Crippen MR) is 73.3 cm³/mol. The molecule has 1 aromatic heterocycles. The summed E-state index contributed by atoms with van der Waals surface area (Å²) in [7, 11) is 1.84. The highest BCUT2D eigenvalue weighted by Crippen LogP contribution is 2.28. The zero-order valence-electron chi connectivity index (χ0n) is 11.3. The van der Waals surface area contributed by atoms with Gasteiger partial charge in [-0.2, -0.15) is 0 Å². The third-order valence-corrected chi connectivity index (χ3v) is 4.07. The van der Waals surface area contributed by atoms with E-state index in [0.29, 0.717) is 17.3 Å². The first-order chi connectivity index (χ1) is 8.58. The van der Waals surface area contributed by atoms with Crippen LogP contribution in [0.5, 0.6) is 0 Å². The lowest BCUT2D eigenvalue weighted by Gasteiger charge is -2.28. The van der Waals surface area contributed by atoms with Crippen LogP contribution in [-0.2, 0) is 7.05 Å². The topological polar surface area (TPSA) is 60.1 Å². The van der Waals surface area contributed by atoms with Gasteiger partial charge in [0, 0.05) is 19.8 Å². The molecule has 1 aromatic rings. The molecule has 1 heterocycles. The molecule has 4 nitrogen and oxygen atoms in total. The van der Waals surface area contributed by atoms with E-state index in [4.69, 9.17) is 5.73 Å². The Kier molecular flexibility index (Phi) is 3.94. The Morgan fingerprint density at radius 3 is 2.83 bits per heavy atom. The van der Waals surface area contributed by atoms with Crippen molar-refractivity contribution in [1.29, 1.82) is 0 Å². The number of aryl methyl sites for hydroxylation is 1. The first-order valence-electron chi connectivity index (χ1n) is 6.78. The van der Waals surface area contributed by atoms with E-state index < -0.39 is 0 Å². The second kappa shape index (κ2) is 5.46. The summed E-state index contributed by atoms with van der Waals surface area (Å²) in [5.41, 5.74) is 6.95. The third-order valence-electron chi connectivity index (χ3n) is 4.07. The summed E-state index contributed by atoms with van der Waals surface area (Å²) in [6, 6.07) is 1.72. The Bertz CT molecular complexity index is 425. The van der Waals surface area contributed by atoms with E-state index in [9.17, 15) is 4.79 Å². The Balaban J connectivity index is 1.90. The van der Waals surface area contributed by atoms with Crippen molar-refractivity contribution in [3.63, 3.8) is 0 Å². The van der Waals surface area contributed by atoms with Crippen molar-refractivity contribution in [3.8, 4) is 0 Å². The van der Waals surface area contributed by atoms with Crippen LogP contribution in [0.1, 0.15) is 43.1 Å². The van der Waals surface area contributed by atoms with E-state index in [2.05, 4.69) is 12.2 Å². The number of rotatable bonds is 3. The molecule has 2 rings (SSSR count). The number of nitrogens with zero attached hydrogens (tertiary/aromatic N) is 1. The van der Waals surface area contributed by atoms with Gasteiger partial charge >= 0.3 is 0 Å². The van der Waals surface area contributed by atoms with Gasteiger partial charge in [0.2, 0.25) is 0 Å². The van der Waals surface area contributed by atoms with E-state index >= 15 is 0 Å². The van der Waals surface area contributed by atoms with Crippen molar-refractivity contribution in [3.05, 3.63) is 18.0 Å². The van der Waals surface area contributed by atoms with Gasteiger partial charge in [-0.25, -0.2) is 0 Å². The molecule has 2 atom stereocenters. The zero-order chi connectivity index (χ0) is 13.1. The average Bonchev–Trinajstić information content (AvgIpc) is 2.67. The number of amides is 1. The summed E-state index contributed by atoms with van der Waals surface area (Å²) in [4.78, 5) is 12.0. The molecule has 0 aromatic carbocycles. The van der Waals surface area contributed by atoms with Gasteiger partial charge in [-0.05, 0) is 24.3 Å². The molecular formula is C14H23N3O. The van der Waals surface area contributed by atoms with E-state index in [1.54, 1.807) is 16.8 Å².